The molecule has 0 bridgehead atoms. The number of para-hydroxylation sites is 1. The third-order valence-electron chi connectivity index (χ3n) is 7.67. The third kappa shape index (κ3) is 5.64. The Bertz CT molecular complexity index is 1500. The zero-order valence-corrected chi connectivity index (χ0v) is 23.3. The number of methoxy groups -OCH3 is 2. The van der Waals surface area contributed by atoms with Crippen LogP contribution in [0.1, 0.15) is 60.0 Å². The smallest absolute Gasteiger partial charge is 0.250 e. The van der Waals surface area contributed by atoms with Crippen molar-refractivity contribution in [2.75, 3.05) is 14.2 Å². The minimum Gasteiger partial charge on any atom is -0.497 e. The van der Waals surface area contributed by atoms with Crippen LogP contribution in [0.2, 0.25) is 0 Å². The number of nitrogens with one attached hydrogen (secondary N) is 2. The zero-order chi connectivity index (χ0) is 28.2. The number of rotatable bonds is 9. The third-order valence-corrected chi connectivity index (χ3v) is 7.67. The predicted molar refractivity (Wildman–Crippen MR) is 152 cm³/mol. The molecule has 0 aliphatic heterocycles. The van der Waals surface area contributed by atoms with Crippen LogP contribution >= 0.6 is 0 Å². The van der Waals surface area contributed by atoms with Gasteiger partial charge in [0.15, 0.2) is 6.04 Å². The minimum absolute atomic E-state index is 0.0780. The van der Waals surface area contributed by atoms with Gasteiger partial charge in [-0.15, -0.1) is 5.10 Å². The lowest BCUT2D eigenvalue weighted by molar-refractivity contribution is -0.130. The summed E-state index contributed by atoms with van der Waals surface area (Å²) in [5, 5.41) is 14.9. The Morgan fingerprint density at radius 2 is 1.57 bits per heavy atom. The first-order valence-electron chi connectivity index (χ1n) is 13.6. The minimum atomic E-state index is -0.985. The molecule has 1 saturated carbocycles. The molecular formula is C31H35N5O4. The van der Waals surface area contributed by atoms with Gasteiger partial charge in [0, 0.05) is 12.1 Å². The Balaban J connectivity index is 1.57. The molecule has 0 spiro atoms. The average Bonchev–Trinajstić information content (AvgIpc) is 3.63. The van der Waals surface area contributed by atoms with Crippen LogP contribution < -0.4 is 20.1 Å². The van der Waals surface area contributed by atoms with Gasteiger partial charge in [0.05, 0.1) is 19.7 Å². The highest BCUT2D eigenvalue weighted by Crippen LogP contribution is 2.30. The molecule has 1 heterocycles. The monoisotopic (exact) mass is 541 g/mol. The summed E-state index contributed by atoms with van der Waals surface area (Å²) in [6.07, 6.45) is 3.99. The van der Waals surface area contributed by atoms with Gasteiger partial charge < -0.3 is 20.1 Å². The van der Waals surface area contributed by atoms with Gasteiger partial charge in [-0.1, -0.05) is 48.4 Å². The van der Waals surface area contributed by atoms with Crippen molar-refractivity contribution in [1.29, 1.82) is 0 Å². The summed E-state index contributed by atoms with van der Waals surface area (Å²) in [4.78, 5) is 28.0. The highest BCUT2D eigenvalue weighted by atomic mass is 16.5. The molecule has 5 rings (SSSR count). The van der Waals surface area contributed by atoms with Crippen LogP contribution in [-0.4, -0.2) is 47.1 Å². The van der Waals surface area contributed by atoms with E-state index >= 15 is 0 Å². The standard InChI is InChI=1S/C31H35N5O4/c1-19-13-14-21(15-20(19)2)29(36-27-12-8-7-11-26(27)34-35-36)31(38)33-28(30(37)32-23-9-5-6-10-23)22-16-24(39-3)18-25(17-22)40-4/h7-8,11-18,23,28-29H,5-6,9-10H2,1-4H3,(H,32,37)(H,33,38)/t28-,29-/m0/s1. The number of amides is 2. The lowest BCUT2D eigenvalue weighted by Gasteiger charge is -2.25. The number of benzene rings is 3. The van der Waals surface area contributed by atoms with Crippen LogP contribution in [-0.2, 0) is 9.59 Å². The SMILES string of the molecule is COc1cc(OC)cc([C@H](NC(=O)[C@H](c2ccc(C)c(C)c2)n2nnc3ccccc32)C(=O)NC2CCCC2)c1. The Hall–Kier alpha value is -4.40. The number of hydrogen-bond donors (Lipinski definition) is 2. The van der Waals surface area contributed by atoms with E-state index in [2.05, 4.69) is 20.9 Å². The van der Waals surface area contributed by atoms with Gasteiger partial charge in [-0.2, -0.15) is 0 Å². The lowest BCUT2D eigenvalue weighted by Crippen LogP contribution is -2.45. The molecule has 3 aromatic carbocycles. The van der Waals surface area contributed by atoms with Gasteiger partial charge in [0.25, 0.3) is 0 Å². The summed E-state index contributed by atoms with van der Waals surface area (Å²) < 4.78 is 12.6. The maximum atomic E-state index is 14.3. The summed E-state index contributed by atoms with van der Waals surface area (Å²) in [6, 6.07) is 16.9. The van der Waals surface area contributed by atoms with E-state index in [1.165, 1.54) is 0 Å². The molecule has 4 aromatic rings. The molecule has 1 fully saturated rings. The number of carbonyl (C=O) groups is 2. The number of aryl methyl sites for hydroxylation is 2. The fourth-order valence-corrected chi connectivity index (χ4v) is 5.29. The van der Waals surface area contributed by atoms with Gasteiger partial charge in [0.1, 0.15) is 23.1 Å². The summed E-state index contributed by atoms with van der Waals surface area (Å²) in [6.45, 7) is 4.03. The van der Waals surface area contributed by atoms with Crippen molar-refractivity contribution in [1.82, 2.24) is 25.6 Å². The van der Waals surface area contributed by atoms with Crippen LogP contribution in [0.25, 0.3) is 11.0 Å². The van der Waals surface area contributed by atoms with Crippen molar-refractivity contribution in [3.05, 3.63) is 82.9 Å². The van der Waals surface area contributed by atoms with E-state index in [4.69, 9.17) is 9.47 Å². The number of nitrogens with zero attached hydrogens (tertiary/aromatic N) is 3. The first kappa shape index (κ1) is 27.2. The van der Waals surface area contributed by atoms with Crippen LogP contribution in [0.4, 0.5) is 0 Å². The molecule has 1 aromatic heterocycles. The number of ether oxygens (including phenoxy) is 2. The normalized spacial score (nSPS) is 15.0. The van der Waals surface area contributed by atoms with Gasteiger partial charge in [-0.25, -0.2) is 4.68 Å². The van der Waals surface area contributed by atoms with Gasteiger partial charge in [-0.3, -0.25) is 9.59 Å². The quantitative estimate of drug-likeness (QED) is 0.321. The van der Waals surface area contributed by atoms with E-state index in [0.29, 0.717) is 22.6 Å². The van der Waals surface area contributed by atoms with Crippen LogP contribution in [0.3, 0.4) is 0 Å². The van der Waals surface area contributed by atoms with Crippen molar-refractivity contribution < 1.29 is 19.1 Å². The maximum absolute atomic E-state index is 14.3. The fourth-order valence-electron chi connectivity index (χ4n) is 5.29. The summed E-state index contributed by atoms with van der Waals surface area (Å²) in [5.41, 5.74) is 4.86. The molecular weight excluding hydrogens is 506 g/mol. The van der Waals surface area contributed by atoms with Crippen molar-refractivity contribution in [2.45, 2.75) is 57.7 Å². The molecule has 1 aliphatic carbocycles. The highest BCUT2D eigenvalue weighted by Gasteiger charge is 2.32. The molecule has 0 unspecified atom stereocenters. The van der Waals surface area contributed by atoms with Gasteiger partial charge >= 0.3 is 0 Å². The number of carbonyl (C=O) groups excluding carboxylic acids is 2. The summed E-state index contributed by atoms with van der Waals surface area (Å²) in [7, 11) is 3.10. The van der Waals surface area contributed by atoms with Crippen molar-refractivity contribution in [2.24, 2.45) is 0 Å². The number of fused-ring (bicyclic) bond motifs is 1. The molecule has 9 heteroatoms. The predicted octanol–water partition coefficient (Wildman–Crippen LogP) is 4.57. The molecule has 1 aliphatic rings. The second kappa shape index (κ2) is 11.8. The lowest BCUT2D eigenvalue weighted by atomic mass is 9.99. The largest absolute Gasteiger partial charge is 0.497 e. The van der Waals surface area contributed by atoms with E-state index in [1.807, 2.05) is 56.3 Å². The average molecular weight is 542 g/mol. The number of hydrogen-bond acceptors (Lipinski definition) is 6. The second-order valence-corrected chi connectivity index (χ2v) is 10.3. The van der Waals surface area contributed by atoms with Crippen LogP contribution in [0, 0.1) is 13.8 Å². The van der Waals surface area contributed by atoms with Gasteiger partial charge in [0.2, 0.25) is 11.8 Å². The van der Waals surface area contributed by atoms with E-state index in [1.54, 1.807) is 37.1 Å². The van der Waals surface area contributed by atoms with Crippen molar-refractivity contribution >= 4 is 22.8 Å². The Morgan fingerprint density at radius 1 is 0.875 bits per heavy atom. The molecule has 9 nitrogen and oxygen atoms in total. The van der Waals surface area contributed by atoms with E-state index < -0.39 is 12.1 Å². The van der Waals surface area contributed by atoms with E-state index in [0.717, 1.165) is 47.9 Å². The summed E-state index contributed by atoms with van der Waals surface area (Å²) in [5.74, 6) is 0.385. The Kier molecular flexibility index (Phi) is 8.00. The van der Waals surface area contributed by atoms with Crippen LogP contribution in [0.15, 0.2) is 60.7 Å². The molecule has 2 amide bonds. The molecule has 208 valence electrons. The first-order chi connectivity index (χ1) is 19.4. The molecule has 0 saturated heterocycles. The van der Waals surface area contributed by atoms with E-state index in [9.17, 15) is 9.59 Å². The Morgan fingerprint density at radius 3 is 2.25 bits per heavy atom. The summed E-state index contributed by atoms with van der Waals surface area (Å²) >= 11 is 0. The maximum Gasteiger partial charge on any atom is 0.250 e. The van der Waals surface area contributed by atoms with Crippen molar-refractivity contribution in [3.8, 4) is 11.5 Å². The molecule has 40 heavy (non-hydrogen) atoms. The number of aromatic nitrogens is 3. The fraction of sp³-hybridized carbons (Fsp3) is 0.355. The van der Waals surface area contributed by atoms with Crippen molar-refractivity contribution in [3.63, 3.8) is 0 Å². The second-order valence-electron chi connectivity index (χ2n) is 10.3. The zero-order valence-electron chi connectivity index (χ0n) is 23.3. The highest BCUT2D eigenvalue weighted by molar-refractivity contribution is 5.92. The van der Waals surface area contributed by atoms with Crippen LogP contribution in [0.5, 0.6) is 11.5 Å². The molecule has 2 N–H and O–H groups in total. The Labute approximate surface area is 233 Å². The molecule has 0 radical (unpaired) electrons. The topological polar surface area (TPSA) is 107 Å². The van der Waals surface area contributed by atoms with Gasteiger partial charge in [-0.05, 0) is 73.2 Å². The molecule has 2 atom stereocenters. The first-order valence-corrected chi connectivity index (χ1v) is 13.6. The van der Waals surface area contributed by atoms with E-state index in [-0.39, 0.29) is 17.9 Å².